The van der Waals surface area contributed by atoms with Crippen molar-refractivity contribution >= 4 is 47.5 Å². The Labute approximate surface area is 237 Å². The van der Waals surface area contributed by atoms with Crippen LogP contribution < -0.4 is 16.6 Å². The molecule has 0 bridgehead atoms. The molecule has 1 unspecified atom stereocenters. The summed E-state index contributed by atoms with van der Waals surface area (Å²) in [6.45, 7) is 0.732. The van der Waals surface area contributed by atoms with Crippen molar-refractivity contribution in [2.24, 2.45) is 0 Å². The lowest BCUT2D eigenvalue weighted by Crippen LogP contribution is -2.40. The first-order chi connectivity index (χ1) is 20.2. The van der Waals surface area contributed by atoms with Gasteiger partial charge in [0.15, 0.2) is 29.2 Å². The Hall–Kier alpha value is -3.84. The molecule has 6 atom stereocenters. The molecule has 7 N–H and O–H groups in total. The van der Waals surface area contributed by atoms with Gasteiger partial charge in [0.05, 0.1) is 39.1 Å². The average molecular weight is 608 g/mol. The number of aromatic nitrogens is 8. The number of nitrogens with two attached hydrogens (primary N) is 2. The number of nitrogens with one attached hydrogen (secondary N) is 1. The minimum atomic E-state index is -3.97. The molecule has 0 saturated carbocycles. The zero-order valence-electron chi connectivity index (χ0n) is 22.5. The van der Waals surface area contributed by atoms with Gasteiger partial charge in [-0.3, -0.25) is 18.5 Å². The topological polar surface area (TPSA) is 263 Å². The van der Waals surface area contributed by atoms with Crippen molar-refractivity contribution in [1.29, 1.82) is 0 Å². The fraction of sp³-hybridized carbons (Fsp3) is 0.500. The number of esters is 1. The molecule has 19 nitrogen and oxygen atoms in total. The highest BCUT2D eigenvalue weighted by Gasteiger charge is 2.49. The second-order valence-corrected chi connectivity index (χ2v) is 11.6. The summed E-state index contributed by atoms with van der Waals surface area (Å²) in [5.74, 6) is -0.349. The van der Waals surface area contributed by atoms with Gasteiger partial charge in [0, 0.05) is 0 Å². The Morgan fingerprint density at radius 2 is 1.79 bits per heavy atom. The highest BCUT2D eigenvalue weighted by Crippen LogP contribution is 2.48. The molecule has 1 fully saturated rings. The standard InChI is InChI=1S/C22H30N11O8P/c1-11(22(36)38-2)31-42(37,4-3-39-10-32-8-29-13-17(23)25-6-27-19(13)32)41-16-12(5-34)40-21(15(16)35)33-9-30-14-18(24)26-7-28-20(14)33/h6-9,11-12,15-16,21,34-35H,3-5,10H2,1-2H3,(H,31,37)(H2,23,25,27)(H2,24,26,28)/t11-,12+,15-,16+,21+,42?/m0/s1. The van der Waals surface area contributed by atoms with E-state index in [4.69, 9.17) is 30.2 Å². The lowest BCUT2D eigenvalue weighted by Gasteiger charge is -2.28. The van der Waals surface area contributed by atoms with Gasteiger partial charge in [0.1, 0.15) is 54.8 Å². The Kier molecular flexibility index (Phi) is 8.60. The smallest absolute Gasteiger partial charge is 0.323 e. The summed E-state index contributed by atoms with van der Waals surface area (Å²) in [6.07, 6.45) is 0.150. The third-order valence-corrected chi connectivity index (χ3v) is 8.71. The molecule has 5 rings (SSSR count). The van der Waals surface area contributed by atoms with Gasteiger partial charge in [0.2, 0.25) is 0 Å². The van der Waals surface area contributed by atoms with Crippen molar-refractivity contribution < 1.29 is 38.3 Å². The van der Waals surface area contributed by atoms with Gasteiger partial charge in [-0.1, -0.05) is 0 Å². The van der Waals surface area contributed by atoms with Gasteiger partial charge >= 0.3 is 5.97 Å². The molecule has 1 saturated heterocycles. The van der Waals surface area contributed by atoms with E-state index < -0.39 is 50.7 Å². The predicted octanol–water partition coefficient (Wildman–Crippen LogP) is -1.22. The van der Waals surface area contributed by atoms with Crippen LogP contribution in [0.4, 0.5) is 11.6 Å². The summed E-state index contributed by atoms with van der Waals surface area (Å²) < 4.78 is 39.3. The summed E-state index contributed by atoms with van der Waals surface area (Å²) >= 11 is 0. The summed E-state index contributed by atoms with van der Waals surface area (Å²) in [5, 5.41) is 23.9. The summed E-state index contributed by atoms with van der Waals surface area (Å²) in [4.78, 5) is 36.6. The lowest BCUT2D eigenvalue weighted by molar-refractivity contribution is -0.142. The van der Waals surface area contributed by atoms with E-state index in [9.17, 15) is 19.6 Å². The maximum absolute atomic E-state index is 14.1. The van der Waals surface area contributed by atoms with Crippen LogP contribution in [-0.4, -0.2) is 106 Å². The van der Waals surface area contributed by atoms with E-state index in [1.54, 1.807) is 4.57 Å². The van der Waals surface area contributed by atoms with Crippen LogP contribution >= 0.6 is 7.52 Å². The highest BCUT2D eigenvalue weighted by molar-refractivity contribution is 7.57. The molecular formula is C22H30N11O8P. The number of carbonyl (C=O) groups is 1. The quantitative estimate of drug-likeness (QED) is 0.0718. The summed E-state index contributed by atoms with van der Waals surface area (Å²) in [6, 6.07) is -1.04. The molecule has 20 heteroatoms. The molecule has 0 amide bonds. The number of carbonyl (C=O) groups excluding carboxylic acids is 1. The van der Waals surface area contributed by atoms with Gasteiger partial charge < -0.3 is 40.4 Å². The summed E-state index contributed by atoms with van der Waals surface area (Å²) in [7, 11) is -2.78. The van der Waals surface area contributed by atoms with Crippen molar-refractivity contribution in [1.82, 2.24) is 44.1 Å². The lowest BCUT2D eigenvalue weighted by atomic mass is 10.1. The Morgan fingerprint density at radius 1 is 1.12 bits per heavy atom. The number of rotatable bonds is 12. The number of aliphatic hydroxyl groups excluding tert-OH is 2. The Morgan fingerprint density at radius 3 is 2.48 bits per heavy atom. The van der Waals surface area contributed by atoms with Crippen molar-refractivity contribution in [2.75, 3.05) is 38.0 Å². The minimum Gasteiger partial charge on any atom is -0.468 e. The van der Waals surface area contributed by atoms with Gasteiger partial charge in [-0.15, -0.1) is 0 Å². The van der Waals surface area contributed by atoms with Crippen molar-refractivity contribution in [2.45, 2.75) is 44.2 Å². The molecule has 0 aliphatic carbocycles. The second-order valence-electron chi connectivity index (χ2n) is 9.35. The molecule has 4 aromatic rings. The van der Waals surface area contributed by atoms with Crippen LogP contribution in [0.2, 0.25) is 0 Å². The van der Waals surface area contributed by atoms with E-state index in [0.717, 1.165) is 0 Å². The number of fused-ring (bicyclic) bond motifs is 2. The van der Waals surface area contributed by atoms with Gasteiger partial charge in [-0.2, -0.15) is 0 Å². The number of ether oxygens (including phenoxy) is 3. The Bertz CT molecular complexity index is 1620. The highest BCUT2D eigenvalue weighted by atomic mass is 31.2. The first kappa shape index (κ1) is 29.6. The summed E-state index contributed by atoms with van der Waals surface area (Å²) in [5.41, 5.74) is 13.1. The first-order valence-corrected chi connectivity index (χ1v) is 14.5. The number of methoxy groups -OCH3 is 1. The second kappa shape index (κ2) is 12.2. The van der Waals surface area contributed by atoms with Crippen molar-refractivity contribution in [3.8, 4) is 0 Å². The van der Waals surface area contributed by atoms with Crippen LogP contribution in [0.3, 0.4) is 0 Å². The maximum Gasteiger partial charge on any atom is 0.323 e. The molecule has 0 spiro atoms. The number of nitrogen functional groups attached to an aromatic ring is 2. The van der Waals surface area contributed by atoms with E-state index in [-0.39, 0.29) is 42.3 Å². The van der Waals surface area contributed by atoms with Crippen LogP contribution in [0.5, 0.6) is 0 Å². The average Bonchev–Trinajstić information content (AvgIpc) is 3.67. The van der Waals surface area contributed by atoms with E-state index in [1.807, 2.05) is 0 Å². The zero-order valence-corrected chi connectivity index (χ0v) is 23.4. The van der Waals surface area contributed by atoms with Gasteiger partial charge in [0.25, 0.3) is 7.52 Å². The number of aliphatic hydroxyl groups is 2. The largest absolute Gasteiger partial charge is 0.468 e. The number of imidazole rings is 2. The molecule has 5 heterocycles. The normalized spacial score (nSPS) is 22.9. The van der Waals surface area contributed by atoms with E-state index >= 15 is 0 Å². The number of anilines is 2. The fourth-order valence-corrected chi connectivity index (χ4v) is 6.51. The fourth-order valence-electron chi connectivity index (χ4n) is 4.49. The molecule has 0 aromatic carbocycles. The van der Waals surface area contributed by atoms with Crippen LogP contribution in [0.25, 0.3) is 22.3 Å². The predicted molar refractivity (Wildman–Crippen MR) is 144 cm³/mol. The molecular weight excluding hydrogens is 577 g/mol. The van der Waals surface area contributed by atoms with Crippen LogP contribution in [0, 0.1) is 0 Å². The SMILES string of the molecule is COC(=O)[C@H](C)NP(=O)(CCOCn1cnc2c(N)ncnc21)O[C@H]1[C@H](O)[C@H](n2cnc3c(N)ncnc32)O[C@@H]1CO. The van der Waals surface area contributed by atoms with E-state index in [0.29, 0.717) is 11.2 Å². The number of hydrogen-bond acceptors (Lipinski definition) is 16. The minimum absolute atomic E-state index is 0.0191. The molecule has 42 heavy (non-hydrogen) atoms. The Balaban J connectivity index is 1.32. The number of nitrogens with zero attached hydrogens (tertiary/aromatic N) is 8. The monoisotopic (exact) mass is 607 g/mol. The third kappa shape index (κ3) is 5.75. The van der Waals surface area contributed by atoms with E-state index in [1.165, 1.54) is 43.9 Å². The first-order valence-electron chi connectivity index (χ1n) is 12.6. The maximum atomic E-state index is 14.1. The van der Waals surface area contributed by atoms with Gasteiger partial charge in [-0.25, -0.2) is 35.0 Å². The molecule has 1 aliphatic heterocycles. The molecule has 0 radical (unpaired) electrons. The molecule has 1 aliphatic rings. The number of hydrogen-bond donors (Lipinski definition) is 5. The van der Waals surface area contributed by atoms with Crippen LogP contribution in [0.1, 0.15) is 13.2 Å². The van der Waals surface area contributed by atoms with Crippen LogP contribution in [0.15, 0.2) is 25.3 Å². The molecule has 226 valence electrons. The zero-order chi connectivity index (χ0) is 30.0. The van der Waals surface area contributed by atoms with Crippen molar-refractivity contribution in [3.63, 3.8) is 0 Å². The van der Waals surface area contributed by atoms with Crippen LogP contribution in [-0.2, 0) is 34.8 Å². The third-order valence-electron chi connectivity index (χ3n) is 6.58. The van der Waals surface area contributed by atoms with E-state index in [2.05, 4.69) is 35.0 Å². The van der Waals surface area contributed by atoms with Crippen molar-refractivity contribution in [3.05, 3.63) is 25.3 Å². The molecule has 4 aromatic heterocycles. The van der Waals surface area contributed by atoms with Gasteiger partial charge in [-0.05, 0) is 6.92 Å².